The van der Waals surface area contributed by atoms with Crippen LogP contribution in [0.15, 0.2) is 42.7 Å². The van der Waals surface area contributed by atoms with Gasteiger partial charge in [0.05, 0.1) is 23.3 Å². The molecule has 2 N–H and O–H groups in total. The first-order chi connectivity index (χ1) is 14.9. The lowest BCUT2D eigenvalue weighted by Crippen LogP contribution is -2.37. The van der Waals surface area contributed by atoms with Crippen molar-refractivity contribution in [1.82, 2.24) is 9.78 Å². The third kappa shape index (κ3) is 3.32. The van der Waals surface area contributed by atoms with Crippen LogP contribution < -0.4 is 15.5 Å². The number of nitrogens with zero attached hydrogens (tertiary/aromatic N) is 3. The van der Waals surface area contributed by atoms with E-state index in [9.17, 15) is 13.6 Å². The second-order valence-corrected chi connectivity index (χ2v) is 8.08. The van der Waals surface area contributed by atoms with Crippen LogP contribution in [0.1, 0.15) is 30.9 Å². The van der Waals surface area contributed by atoms with Gasteiger partial charge in [-0.1, -0.05) is 6.07 Å². The van der Waals surface area contributed by atoms with Crippen LogP contribution in [0.3, 0.4) is 0 Å². The highest BCUT2D eigenvalue weighted by molar-refractivity contribution is 6.06. The largest absolute Gasteiger partial charge is 0.370 e. The minimum atomic E-state index is -2.61. The number of anilines is 4. The molecular weight excluding hydrogens is 400 g/mol. The Bertz CT molecular complexity index is 1170. The monoisotopic (exact) mass is 423 g/mol. The molecule has 2 aliphatic heterocycles. The van der Waals surface area contributed by atoms with Crippen molar-refractivity contribution in [1.29, 1.82) is 0 Å². The first-order valence-electron chi connectivity index (χ1n) is 10.3. The highest BCUT2D eigenvalue weighted by Crippen LogP contribution is 2.45. The first-order valence-corrected chi connectivity index (χ1v) is 10.3. The molecule has 1 aromatic heterocycles. The number of hydrogen-bond acceptors (Lipinski definition) is 4. The molecule has 2 aromatic carbocycles. The quantitative estimate of drug-likeness (QED) is 0.632. The summed E-state index contributed by atoms with van der Waals surface area (Å²) < 4.78 is 29.8. The van der Waals surface area contributed by atoms with E-state index >= 15 is 0 Å². The van der Waals surface area contributed by atoms with Crippen LogP contribution in [0.5, 0.6) is 0 Å². The third-order valence-corrected chi connectivity index (χ3v) is 5.97. The minimum absolute atomic E-state index is 0.00178. The lowest BCUT2D eigenvalue weighted by atomic mass is 9.92. The van der Waals surface area contributed by atoms with Gasteiger partial charge in [0.25, 0.3) is 6.43 Å². The Morgan fingerprint density at radius 2 is 2.06 bits per heavy atom. The number of amides is 1. The summed E-state index contributed by atoms with van der Waals surface area (Å²) in [6.45, 7) is 2.51. The summed E-state index contributed by atoms with van der Waals surface area (Å²) in [5.74, 6) is -0.0928. The highest BCUT2D eigenvalue weighted by atomic mass is 19.3. The molecule has 3 heterocycles. The molecule has 31 heavy (non-hydrogen) atoms. The SMILES string of the molecule is CC1Nc2c(cccc2N2CCCc3cc(-c4cnn(C)c4)c(C(F)F)cc32)NC1=O. The number of carbonyl (C=O) groups is 1. The van der Waals surface area contributed by atoms with Crippen LogP contribution >= 0.6 is 0 Å². The molecule has 6 nitrogen and oxygen atoms in total. The summed E-state index contributed by atoms with van der Waals surface area (Å²) in [6, 6.07) is 8.80. The van der Waals surface area contributed by atoms with E-state index in [0.29, 0.717) is 23.4 Å². The molecule has 0 bridgehead atoms. The van der Waals surface area contributed by atoms with Gasteiger partial charge in [0.1, 0.15) is 6.04 Å². The summed E-state index contributed by atoms with van der Waals surface area (Å²) >= 11 is 0. The summed E-state index contributed by atoms with van der Waals surface area (Å²) in [5, 5.41) is 10.3. The number of rotatable bonds is 3. The normalized spacial score (nSPS) is 17.8. The van der Waals surface area contributed by atoms with E-state index in [1.807, 2.05) is 24.3 Å². The first kappa shape index (κ1) is 19.5. The Kier molecular flexibility index (Phi) is 4.64. The number of benzene rings is 2. The van der Waals surface area contributed by atoms with E-state index in [-0.39, 0.29) is 17.5 Å². The van der Waals surface area contributed by atoms with Crippen LogP contribution in [-0.4, -0.2) is 28.3 Å². The van der Waals surface area contributed by atoms with E-state index in [0.717, 1.165) is 35.5 Å². The molecule has 0 spiro atoms. The van der Waals surface area contributed by atoms with Crippen molar-refractivity contribution >= 4 is 28.7 Å². The Labute approximate surface area is 178 Å². The van der Waals surface area contributed by atoms with Gasteiger partial charge in [0.15, 0.2) is 0 Å². The molecular formula is C23H23F2N5O. The van der Waals surface area contributed by atoms with Crippen molar-refractivity contribution in [3.8, 4) is 11.1 Å². The zero-order valence-electron chi connectivity index (χ0n) is 17.3. The maximum atomic E-state index is 14.1. The van der Waals surface area contributed by atoms with Gasteiger partial charge in [0.2, 0.25) is 5.91 Å². The van der Waals surface area contributed by atoms with Gasteiger partial charge in [0, 0.05) is 36.6 Å². The topological polar surface area (TPSA) is 62.2 Å². The molecule has 160 valence electrons. The Morgan fingerprint density at radius 3 is 2.81 bits per heavy atom. The zero-order chi connectivity index (χ0) is 21.7. The number of fused-ring (bicyclic) bond motifs is 2. The molecule has 0 radical (unpaired) electrons. The zero-order valence-corrected chi connectivity index (χ0v) is 17.3. The van der Waals surface area contributed by atoms with Crippen molar-refractivity contribution in [2.75, 3.05) is 22.1 Å². The molecule has 0 aliphatic carbocycles. The number of para-hydroxylation sites is 1. The average molecular weight is 423 g/mol. The third-order valence-electron chi connectivity index (χ3n) is 5.97. The fourth-order valence-corrected chi connectivity index (χ4v) is 4.43. The smallest absolute Gasteiger partial charge is 0.264 e. The van der Waals surface area contributed by atoms with E-state index in [4.69, 9.17) is 0 Å². The van der Waals surface area contributed by atoms with E-state index in [2.05, 4.69) is 20.6 Å². The summed E-state index contributed by atoms with van der Waals surface area (Å²) in [7, 11) is 1.77. The molecule has 2 aliphatic rings. The number of aromatic nitrogens is 2. The van der Waals surface area contributed by atoms with Crippen molar-refractivity contribution in [3.05, 3.63) is 53.9 Å². The summed E-state index contributed by atoms with van der Waals surface area (Å²) in [6.07, 6.45) is 2.49. The molecule has 0 fully saturated rings. The van der Waals surface area contributed by atoms with Crippen molar-refractivity contribution in [2.45, 2.75) is 32.2 Å². The maximum absolute atomic E-state index is 14.1. The highest BCUT2D eigenvalue weighted by Gasteiger charge is 2.29. The fraction of sp³-hybridized carbons (Fsp3) is 0.304. The fourth-order valence-electron chi connectivity index (χ4n) is 4.43. The molecule has 1 amide bonds. The molecule has 3 aromatic rings. The molecule has 0 saturated heterocycles. The van der Waals surface area contributed by atoms with Crippen LogP contribution in [-0.2, 0) is 18.3 Å². The Hall–Kier alpha value is -3.42. The lowest BCUT2D eigenvalue weighted by molar-refractivity contribution is -0.116. The van der Waals surface area contributed by atoms with Gasteiger partial charge < -0.3 is 15.5 Å². The lowest BCUT2D eigenvalue weighted by Gasteiger charge is -2.36. The second-order valence-electron chi connectivity index (χ2n) is 8.08. The number of alkyl halides is 2. The van der Waals surface area contributed by atoms with Crippen molar-refractivity contribution < 1.29 is 13.6 Å². The Balaban J connectivity index is 1.64. The number of carbonyl (C=O) groups excluding carboxylic acids is 1. The van der Waals surface area contributed by atoms with Crippen molar-refractivity contribution in [2.24, 2.45) is 7.05 Å². The Morgan fingerprint density at radius 1 is 1.23 bits per heavy atom. The van der Waals surface area contributed by atoms with Gasteiger partial charge in [-0.05, 0) is 55.2 Å². The van der Waals surface area contributed by atoms with E-state index in [1.165, 1.54) is 0 Å². The van der Waals surface area contributed by atoms with Crippen molar-refractivity contribution in [3.63, 3.8) is 0 Å². The predicted octanol–water partition coefficient (Wildman–Crippen LogP) is 4.86. The minimum Gasteiger partial charge on any atom is -0.370 e. The van der Waals surface area contributed by atoms with Crippen LogP contribution in [0.2, 0.25) is 0 Å². The summed E-state index contributed by atoms with van der Waals surface area (Å²) in [5.41, 5.74) is 5.42. The van der Waals surface area contributed by atoms with E-state index in [1.54, 1.807) is 37.1 Å². The van der Waals surface area contributed by atoms with Crippen LogP contribution in [0, 0.1) is 0 Å². The van der Waals surface area contributed by atoms with E-state index < -0.39 is 6.43 Å². The van der Waals surface area contributed by atoms with Gasteiger partial charge >= 0.3 is 0 Å². The predicted molar refractivity (Wildman–Crippen MR) is 117 cm³/mol. The van der Waals surface area contributed by atoms with Gasteiger partial charge in [-0.2, -0.15) is 5.10 Å². The molecule has 1 unspecified atom stereocenters. The number of nitrogens with one attached hydrogen (secondary N) is 2. The number of hydrogen-bond donors (Lipinski definition) is 2. The maximum Gasteiger partial charge on any atom is 0.264 e. The van der Waals surface area contributed by atoms with Gasteiger partial charge in [-0.3, -0.25) is 9.48 Å². The number of aryl methyl sites for hydroxylation is 2. The van der Waals surface area contributed by atoms with Crippen LogP contribution in [0.4, 0.5) is 31.5 Å². The molecule has 8 heteroatoms. The molecule has 0 saturated carbocycles. The molecule has 5 rings (SSSR count). The molecule has 1 atom stereocenters. The standard InChI is InChI=1S/C23H23F2N5O/c1-13-23(31)28-18-6-3-7-19(21(18)27-13)30-8-4-5-14-9-16(15-11-26-29(2)12-15)17(22(24)25)10-20(14)30/h3,6-7,9-13,22,27H,4-5,8H2,1-2H3,(H,28,31). The van der Waals surface area contributed by atoms with Gasteiger partial charge in [-0.25, -0.2) is 8.78 Å². The van der Waals surface area contributed by atoms with Gasteiger partial charge in [-0.15, -0.1) is 0 Å². The summed E-state index contributed by atoms with van der Waals surface area (Å²) in [4.78, 5) is 14.1. The number of halogens is 2. The van der Waals surface area contributed by atoms with Crippen LogP contribution in [0.25, 0.3) is 11.1 Å². The average Bonchev–Trinajstić information content (AvgIpc) is 3.19. The second kappa shape index (κ2) is 7.37.